The van der Waals surface area contributed by atoms with Crippen LogP contribution in [0.3, 0.4) is 0 Å². The Morgan fingerprint density at radius 2 is 1.20 bits per heavy atom. The van der Waals surface area contributed by atoms with Gasteiger partial charge in [0.25, 0.3) is 0 Å². The van der Waals surface area contributed by atoms with Crippen molar-refractivity contribution in [2.45, 2.75) is 0 Å². The summed E-state index contributed by atoms with van der Waals surface area (Å²) in [5, 5.41) is 0. The first-order chi connectivity index (χ1) is 1.41. The molecule has 0 aromatic carbocycles. The van der Waals surface area contributed by atoms with Gasteiger partial charge >= 0.3 is 25.0 Å². The standard InChI is InChI=1S/CO2.Li.H2O/c2-1-3;;/h;;1H2/q;+1;/p-1. The number of rotatable bonds is 0. The number of hydrogen-bond donors (Lipinski definition) is 0. The molecule has 0 saturated carbocycles. The quantitative estimate of drug-likeness (QED) is 0.274. The minimum Gasteiger partial charge on any atom is -0.870 e. The predicted molar refractivity (Wildman–Crippen MR) is 6.94 cm³/mol. The van der Waals surface area contributed by atoms with Gasteiger partial charge in [-0.2, -0.15) is 9.59 Å². The summed E-state index contributed by atoms with van der Waals surface area (Å²) in [7, 11) is 0. The molecule has 3 nitrogen and oxygen atoms in total. The van der Waals surface area contributed by atoms with Crippen LogP contribution in [0.15, 0.2) is 0 Å². The fourth-order valence-corrected chi connectivity index (χ4v) is 0. The maximum absolute atomic E-state index is 8.12. The summed E-state index contributed by atoms with van der Waals surface area (Å²) in [6, 6.07) is 0. The van der Waals surface area contributed by atoms with E-state index in [2.05, 4.69) is 0 Å². The van der Waals surface area contributed by atoms with Gasteiger partial charge in [-0.25, -0.2) is 0 Å². The van der Waals surface area contributed by atoms with Crippen molar-refractivity contribution in [3.63, 3.8) is 0 Å². The Morgan fingerprint density at radius 3 is 1.20 bits per heavy atom. The third-order valence-electron chi connectivity index (χ3n) is 0. The Labute approximate surface area is 40.8 Å². The molecule has 0 aliphatic rings. The van der Waals surface area contributed by atoms with Crippen LogP contribution in [0.4, 0.5) is 0 Å². The van der Waals surface area contributed by atoms with Crippen LogP contribution < -0.4 is 18.9 Å². The van der Waals surface area contributed by atoms with Crippen LogP contribution in [-0.2, 0) is 9.59 Å². The Kier molecular flexibility index (Phi) is 158. The molecule has 0 aromatic heterocycles. The van der Waals surface area contributed by atoms with Gasteiger partial charge in [0.05, 0.1) is 0 Å². The van der Waals surface area contributed by atoms with Gasteiger partial charge in [0.1, 0.15) is 0 Å². The predicted octanol–water partition coefficient (Wildman–Crippen LogP) is -3.76. The van der Waals surface area contributed by atoms with Crippen LogP contribution >= 0.6 is 0 Å². The number of carbonyl (C=O) groups excluding carboxylic acids is 2. The molecule has 0 rings (SSSR count). The average molecular weight is 68.0 g/mol. The van der Waals surface area contributed by atoms with Gasteiger partial charge < -0.3 is 5.48 Å². The Bertz CT molecular complexity index is 27.9. The second-order valence-corrected chi connectivity index (χ2v) is 0.0833. The second-order valence-electron chi connectivity index (χ2n) is 0.0833. The molecule has 0 radical (unpaired) electrons. The van der Waals surface area contributed by atoms with E-state index >= 15 is 0 Å². The van der Waals surface area contributed by atoms with E-state index in [-0.39, 0.29) is 30.5 Å². The third-order valence-corrected chi connectivity index (χ3v) is 0. The van der Waals surface area contributed by atoms with E-state index in [4.69, 9.17) is 9.59 Å². The zero-order valence-electron chi connectivity index (χ0n) is 2.76. The maximum atomic E-state index is 8.12. The Balaban J connectivity index is -0.0000000200. The molecule has 0 unspecified atom stereocenters. The van der Waals surface area contributed by atoms with Crippen molar-refractivity contribution in [2.24, 2.45) is 0 Å². The molecule has 0 bridgehead atoms. The number of hydrogen-bond acceptors (Lipinski definition) is 3. The van der Waals surface area contributed by atoms with Gasteiger partial charge in [-0.1, -0.05) is 0 Å². The summed E-state index contributed by atoms with van der Waals surface area (Å²) in [5.74, 6) is 0. The monoisotopic (exact) mass is 68.0 g/mol. The smallest absolute Gasteiger partial charge is 0.870 e. The van der Waals surface area contributed by atoms with Crippen LogP contribution in [-0.4, -0.2) is 11.6 Å². The van der Waals surface area contributed by atoms with Crippen molar-refractivity contribution >= 4 is 6.15 Å². The molecular formula is CHLiO3. The molecule has 0 atom stereocenters. The molecule has 0 aliphatic carbocycles. The van der Waals surface area contributed by atoms with Crippen molar-refractivity contribution < 1.29 is 33.9 Å². The molecule has 1 N–H and O–H groups in total. The van der Waals surface area contributed by atoms with Crippen molar-refractivity contribution in [1.82, 2.24) is 0 Å². The normalized spacial score (nSPS) is 1.60. The van der Waals surface area contributed by atoms with E-state index in [1.807, 2.05) is 0 Å². The second kappa shape index (κ2) is 38.7. The molecule has 5 heavy (non-hydrogen) atoms. The van der Waals surface area contributed by atoms with Gasteiger partial charge in [-0.15, -0.1) is 0 Å². The van der Waals surface area contributed by atoms with Crippen molar-refractivity contribution in [2.75, 3.05) is 0 Å². The van der Waals surface area contributed by atoms with Crippen LogP contribution in [0, 0.1) is 0 Å². The fourth-order valence-electron chi connectivity index (χ4n) is 0. The summed E-state index contributed by atoms with van der Waals surface area (Å²) in [6.45, 7) is 0. The zero-order chi connectivity index (χ0) is 2.71. The Hall–Kier alpha value is -0.0626. The first-order valence-electron chi connectivity index (χ1n) is 0.408. The maximum Gasteiger partial charge on any atom is 1.00 e. The van der Waals surface area contributed by atoms with E-state index in [1.54, 1.807) is 0 Å². The summed E-state index contributed by atoms with van der Waals surface area (Å²) in [6.07, 6.45) is 0.250. The van der Waals surface area contributed by atoms with E-state index in [0.29, 0.717) is 0 Å². The molecule has 4 heteroatoms. The van der Waals surface area contributed by atoms with Crippen molar-refractivity contribution in [1.29, 1.82) is 0 Å². The van der Waals surface area contributed by atoms with Crippen LogP contribution in [0.1, 0.15) is 0 Å². The first-order valence-corrected chi connectivity index (χ1v) is 0.408. The molecule has 0 saturated heterocycles. The van der Waals surface area contributed by atoms with Gasteiger partial charge in [-0.3, -0.25) is 0 Å². The zero-order valence-corrected chi connectivity index (χ0v) is 2.76. The van der Waals surface area contributed by atoms with E-state index < -0.39 is 0 Å². The Morgan fingerprint density at radius 1 is 1.20 bits per heavy atom. The topological polar surface area (TPSA) is 64.1 Å². The van der Waals surface area contributed by atoms with Crippen LogP contribution in [0.25, 0.3) is 0 Å². The minimum atomic E-state index is 0. The fraction of sp³-hybridized carbons (Fsp3) is 0. The summed E-state index contributed by atoms with van der Waals surface area (Å²) >= 11 is 0. The summed E-state index contributed by atoms with van der Waals surface area (Å²) in [5.41, 5.74) is 0. The van der Waals surface area contributed by atoms with Gasteiger partial charge in [0.15, 0.2) is 0 Å². The molecule has 0 spiro atoms. The van der Waals surface area contributed by atoms with Crippen molar-refractivity contribution in [3.8, 4) is 0 Å². The largest absolute Gasteiger partial charge is 1.00 e. The van der Waals surface area contributed by atoms with Gasteiger partial charge in [0.2, 0.25) is 0 Å². The van der Waals surface area contributed by atoms with Gasteiger partial charge in [-0.05, 0) is 0 Å². The molecule has 0 amide bonds. The van der Waals surface area contributed by atoms with Gasteiger partial charge in [0, 0.05) is 0 Å². The van der Waals surface area contributed by atoms with E-state index in [9.17, 15) is 0 Å². The average Bonchev–Trinajstić information content (AvgIpc) is 0.918. The molecular weight excluding hydrogens is 66.9 g/mol. The van der Waals surface area contributed by atoms with E-state index in [0.717, 1.165) is 0 Å². The molecule has 24 valence electrons. The molecule has 0 fully saturated rings. The first kappa shape index (κ1) is 20.4. The molecule has 0 aliphatic heterocycles. The minimum absolute atomic E-state index is 0. The van der Waals surface area contributed by atoms with Crippen LogP contribution in [0.2, 0.25) is 0 Å². The van der Waals surface area contributed by atoms with E-state index in [1.165, 1.54) is 0 Å². The SMILES string of the molecule is O=C=O.[Li+].[OH-]. The summed E-state index contributed by atoms with van der Waals surface area (Å²) in [4.78, 5) is 16.2. The van der Waals surface area contributed by atoms with Crippen molar-refractivity contribution in [3.05, 3.63) is 0 Å². The summed E-state index contributed by atoms with van der Waals surface area (Å²) < 4.78 is 0. The molecule has 0 aromatic rings. The third kappa shape index (κ3) is 3770. The van der Waals surface area contributed by atoms with Crippen LogP contribution in [0.5, 0.6) is 0 Å². The molecule has 0 heterocycles.